The molecule has 0 radical (unpaired) electrons. The summed E-state index contributed by atoms with van der Waals surface area (Å²) in [4.78, 5) is 0. The zero-order valence-electron chi connectivity index (χ0n) is 10.3. The molecule has 3 rings (SSSR count). The quantitative estimate of drug-likeness (QED) is 0.813. The van der Waals surface area contributed by atoms with Crippen LogP contribution in [0.4, 0.5) is 4.39 Å². The number of aliphatic hydroxyl groups is 1. The lowest BCUT2D eigenvalue weighted by Gasteiger charge is -2.19. The first-order valence-corrected chi connectivity index (χ1v) is 7.30. The second-order valence-corrected chi connectivity index (χ2v) is 5.96. The van der Waals surface area contributed by atoms with Crippen molar-refractivity contribution in [2.24, 2.45) is 0 Å². The number of aliphatic hydroxyl groups excluding tert-OH is 1. The van der Waals surface area contributed by atoms with Crippen molar-refractivity contribution in [1.29, 1.82) is 0 Å². The van der Waals surface area contributed by atoms with E-state index in [1.54, 1.807) is 0 Å². The number of hydrogen-bond donors (Lipinski definition) is 1. The van der Waals surface area contributed by atoms with Gasteiger partial charge >= 0.3 is 0 Å². The molecule has 0 amide bonds. The maximum atomic E-state index is 14.0. The van der Waals surface area contributed by atoms with Crippen LogP contribution in [0.1, 0.15) is 17.2 Å². The second-order valence-electron chi connectivity index (χ2n) is 4.70. The fraction of sp³-hybridized carbons (Fsp3) is 0.200. The molecule has 2 aromatic carbocycles. The van der Waals surface area contributed by atoms with Gasteiger partial charge in [0.1, 0.15) is 23.8 Å². The van der Waals surface area contributed by atoms with Gasteiger partial charge in [0.25, 0.3) is 0 Å². The highest BCUT2D eigenvalue weighted by Gasteiger charge is 2.31. The van der Waals surface area contributed by atoms with Crippen molar-refractivity contribution in [3.63, 3.8) is 0 Å². The first kappa shape index (κ1) is 13.9. The van der Waals surface area contributed by atoms with Crippen molar-refractivity contribution < 1.29 is 14.2 Å². The molecule has 5 heteroatoms. The smallest absolute Gasteiger partial charge is 0.133 e. The lowest BCUT2D eigenvalue weighted by atomic mass is 10.00. The van der Waals surface area contributed by atoms with Gasteiger partial charge in [-0.2, -0.15) is 0 Å². The number of para-hydroxylation sites is 1. The molecule has 2 nitrogen and oxygen atoms in total. The summed E-state index contributed by atoms with van der Waals surface area (Å²) in [6.07, 6.45) is -1.02. The van der Waals surface area contributed by atoms with Gasteiger partial charge in [-0.25, -0.2) is 4.39 Å². The molecule has 0 spiro atoms. The highest BCUT2D eigenvalue weighted by atomic mass is 79.9. The van der Waals surface area contributed by atoms with Crippen molar-refractivity contribution in [2.45, 2.75) is 18.6 Å². The molecule has 2 atom stereocenters. The van der Waals surface area contributed by atoms with Gasteiger partial charge in [0.15, 0.2) is 0 Å². The van der Waals surface area contributed by atoms with E-state index in [2.05, 4.69) is 15.9 Å². The molecule has 1 N–H and O–H groups in total. The predicted octanol–water partition coefficient (Wildman–Crippen LogP) is 4.28. The van der Waals surface area contributed by atoms with Gasteiger partial charge in [-0.05, 0) is 39.7 Å². The van der Waals surface area contributed by atoms with Crippen molar-refractivity contribution in [2.75, 3.05) is 0 Å². The topological polar surface area (TPSA) is 29.5 Å². The zero-order chi connectivity index (χ0) is 14.3. The maximum Gasteiger partial charge on any atom is 0.133 e. The lowest BCUT2D eigenvalue weighted by Crippen LogP contribution is -2.24. The number of fused-ring (bicyclic) bond motifs is 1. The molecule has 0 bridgehead atoms. The predicted molar refractivity (Wildman–Crippen MR) is 78.6 cm³/mol. The molecule has 2 unspecified atom stereocenters. The van der Waals surface area contributed by atoms with Crippen LogP contribution in [0.3, 0.4) is 0 Å². The molecular weight excluding hydrogens is 347 g/mol. The Bertz CT molecular complexity index is 637. The normalized spacial score (nSPS) is 18.5. The average molecular weight is 358 g/mol. The van der Waals surface area contributed by atoms with Crippen molar-refractivity contribution in [3.05, 3.63) is 62.8 Å². The Morgan fingerprint density at radius 2 is 2.10 bits per heavy atom. The number of hydrogen-bond acceptors (Lipinski definition) is 2. The Kier molecular flexibility index (Phi) is 3.71. The van der Waals surface area contributed by atoms with E-state index >= 15 is 0 Å². The van der Waals surface area contributed by atoms with Crippen LogP contribution < -0.4 is 4.74 Å². The van der Waals surface area contributed by atoms with E-state index in [1.165, 1.54) is 12.1 Å². The van der Waals surface area contributed by atoms with Crippen LogP contribution in [0.2, 0.25) is 5.02 Å². The molecule has 104 valence electrons. The number of benzene rings is 2. The molecule has 1 aliphatic heterocycles. The van der Waals surface area contributed by atoms with Gasteiger partial charge in [-0.3, -0.25) is 0 Å². The second kappa shape index (κ2) is 5.35. The van der Waals surface area contributed by atoms with Gasteiger partial charge in [0, 0.05) is 16.5 Å². The van der Waals surface area contributed by atoms with E-state index in [9.17, 15) is 9.50 Å². The van der Waals surface area contributed by atoms with E-state index in [-0.39, 0.29) is 5.56 Å². The summed E-state index contributed by atoms with van der Waals surface area (Å²) in [6, 6.07) is 10.2. The van der Waals surface area contributed by atoms with Gasteiger partial charge in [-0.15, -0.1) is 0 Å². The molecule has 1 heterocycles. The average Bonchev–Trinajstić information content (AvgIpc) is 2.86. The van der Waals surface area contributed by atoms with Crippen molar-refractivity contribution in [3.8, 4) is 5.75 Å². The minimum atomic E-state index is -1.06. The van der Waals surface area contributed by atoms with Gasteiger partial charge in [-0.1, -0.05) is 29.8 Å². The van der Waals surface area contributed by atoms with Crippen molar-refractivity contribution in [1.82, 2.24) is 0 Å². The summed E-state index contributed by atoms with van der Waals surface area (Å²) in [5.74, 6) is 0.230. The monoisotopic (exact) mass is 356 g/mol. The van der Waals surface area contributed by atoms with Crippen LogP contribution >= 0.6 is 27.5 Å². The summed E-state index contributed by atoms with van der Waals surface area (Å²) in [5, 5.41) is 10.7. The van der Waals surface area contributed by atoms with E-state index in [1.807, 2.05) is 24.3 Å². The summed E-state index contributed by atoms with van der Waals surface area (Å²) < 4.78 is 20.1. The van der Waals surface area contributed by atoms with Crippen LogP contribution in [0.25, 0.3) is 0 Å². The lowest BCUT2D eigenvalue weighted by molar-refractivity contribution is 0.0467. The first-order chi connectivity index (χ1) is 9.56. The molecule has 0 saturated heterocycles. The fourth-order valence-corrected chi connectivity index (χ4v) is 2.84. The molecule has 0 aliphatic carbocycles. The van der Waals surface area contributed by atoms with Gasteiger partial charge < -0.3 is 9.84 Å². The fourth-order valence-electron chi connectivity index (χ4n) is 2.35. The van der Waals surface area contributed by atoms with Crippen LogP contribution in [-0.4, -0.2) is 11.2 Å². The Labute approximate surface area is 129 Å². The molecule has 2 aromatic rings. The van der Waals surface area contributed by atoms with E-state index in [0.29, 0.717) is 15.9 Å². The highest BCUT2D eigenvalue weighted by molar-refractivity contribution is 9.10. The highest BCUT2D eigenvalue weighted by Crippen LogP contribution is 2.36. The molecule has 1 aliphatic rings. The van der Waals surface area contributed by atoms with E-state index in [0.717, 1.165) is 11.3 Å². The molecule has 0 saturated carbocycles. The standard InChI is InChI=1S/C15H11BrClFO2/c16-10-7-12(18)9(6-11(10)17)15(19)14-5-8-3-1-2-4-13(8)20-14/h1-4,6-7,14-15,19H,5H2. The minimum Gasteiger partial charge on any atom is -0.487 e. The molecular formula is C15H11BrClFO2. The van der Waals surface area contributed by atoms with E-state index in [4.69, 9.17) is 16.3 Å². The molecule has 20 heavy (non-hydrogen) atoms. The van der Waals surface area contributed by atoms with Crippen molar-refractivity contribution >= 4 is 27.5 Å². The summed E-state index contributed by atoms with van der Waals surface area (Å²) in [7, 11) is 0. The Morgan fingerprint density at radius 3 is 2.85 bits per heavy atom. The molecule has 0 fully saturated rings. The van der Waals surface area contributed by atoms with Crippen LogP contribution in [0.15, 0.2) is 40.9 Å². The Balaban J connectivity index is 1.88. The maximum absolute atomic E-state index is 14.0. The Morgan fingerprint density at radius 1 is 1.35 bits per heavy atom. The van der Waals surface area contributed by atoms with Crippen LogP contribution in [-0.2, 0) is 6.42 Å². The third-order valence-electron chi connectivity index (χ3n) is 3.38. The minimum absolute atomic E-state index is 0.149. The SMILES string of the molecule is OC(c1cc(Cl)c(Br)cc1F)C1Cc2ccccc2O1. The van der Waals surface area contributed by atoms with Crippen LogP contribution in [0, 0.1) is 5.82 Å². The first-order valence-electron chi connectivity index (χ1n) is 6.13. The summed E-state index contributed by atoms with van der Waals surface area (Å²) >= 11 is 9.11. The summed E-state index contributed by atoms with van der Waals surface area (Å²) in [6.45, 7) is 0. The summed E-state index contributed by atoms with van der Waals surface area (Å²) in [5.41, 5.74) is 1.16. The van der Waals surface area contributed by atoms with Gasteiger partial charge in [0.05, 0.1) is 5.02 Å². The third kappa shape index (κ3) is 2.43. The zero-order valence-corrected chi connectivity index (χ0v) is 12.7. The number of ether oxygens (including phenoxy) is 1. The van der Waals surface area contributed by atoms with Crippen LogP contribution in [0.5, 0.6) is 5.75 Å². The number of halogens is 3. The van der Waals surface area contributed by atoms with E-state index < -0.39 is 18.0 Å². The molecule has 0 aromatic heterocycles. The number of rotatable bonds is 2. The van der Waals surface area contributed by atoms with Gasteiger partial charge in [0.2, 0.25) is 0 Å². The Hall–Kier alpha value is -1.10. The third-order valence-corrected chi connectivity index (χ3v) is 4.58. The largest absolute Gasteiger partial charge is 0.487 e.